The highest BCUT2D eigenvalue weighted by Gasteiger charge is 2.40. The van der Waals surface area contributed by atoms with E-state index in [0.29, 0.717) is 12.1 Å². The van der Waals surface area contributed by atoms with Crippen LogP contribution in [-0.4, -0.2) is 47.3 Å². The molecule has 0 aromatic rings. The maximum atomic E-state index is 6.07. The molecule has 3 unspecified atom stereocenters. The van der Waals surface area contributed by atoms with E-state index in [4.69, 9.17) is 4.74 Å². The SMILES string of the molecule is CCSCCC(C)NC1CCOC2(CCSC2)C1. The molecule has 18 heavy (non-hydrogen) atoms. The van der Waals surface area contributed by atoms with Crippen LogP contribution in [0.2, 0.25) is 0 Å². The molecule has 2 heterocycles. The van der Waals surface area contributed by atoms with Crippen molar-refractivity contribution in [3.63, 3.8) is 0 Å². The maximum absolute atomic E-state index is 6.07. The fourth-order valence-electron chi connectivity index (χ4n) is 2.92. The van der Waals surface area contributed by atoms with Crippen LogP contribution in [-0.2, 0) is 4.74 Å². The zero-order chi connectivity index (χ0) is 12.8. The summed E-state index contributed by atoms with van der Waals surface area (Å²) in [6.45, 7) is 5.53. The Hall–Kier alpha value is 0.620. The summed E-state index contributed by atoms with van der Waals surface area (Å²) in [7, 11) is 0. The van der Waals surface area contributed by atoms with E-state index >= 15 is 0 Å². The van der Waals surface area contributed by atoms with Crippen LogP contribution in [0.15, 0.2) is 0 Å². The second kappa shape index (κ2) is 7.41. The van der Waals surface area contributed by atoms with Crippen LogP contribution in [0, 0.1) is 0 Å². The summed E-state index contributed by atoms with van der Waals surface area (Å²) in [5, 5.41) is 3.83. The molecule has 0 radical (unpaired) electrons. The minimum absolute atomic E-state index is 0.221. The second-order valence-electron chi connectivity index (χ2n) is 5.58. The molecule has 2 aliphatic rings. The van der Waals surface area contributed by atoms with Gasteiger partial charge >= 0.3 is 0 Å². The molecule has 2 aliphatic heterocycles. The van der Waals surface area contributed by atoms with E-state index < -0.39 is 0 Å². The average molecular weight is 290 g/mol. The lowest BCUT2D eigenvalue weighted by atomic mass is 9.89. The molecular formula is C14H27NOS2. The molecule has 1 spiro atoms. The van der Waals surface area contributed by atoms with Crippen LogP contribution in [0.1, 0.15) is 39.5 Å². The van der Waals surface area contributed by atoms with Crippen LogP contribution in [0.5, 0.6) is 0 Å². The Morgan fingerprint density at radius 1 is 1.56 bits per heavy atom. The van der Waals surface area contributed by atoms with Gasteiger partial charge in [0.2, 0.25) is 0 Å². The molecule has 0 aromatic heterocycles. The first kappa shape index (κ1) is 15.0. The van der Waals surface area contributed by atoms with E-state index in [1.54, 1.807) is 0 Å². The minimum Gasteiger partial charge on any atom is -0.374 e. The lowest BCUT2D eigenvalue weighted by Crippen LogP contribution is -2.49. The van der Waals surface area contributed by atoms with Gasteiger partial charge in [-0.15, -0.1) is 0 Å². The van der Waals surface area contributed by atoms with Gasteiger partial charge in [-0.25, -0.2) is 0 Å². The molecule has 3 atom stereocenters. The first-order valence-corrected chi connectivity index (χ1v) is 9.60. The molecule has 4 heteroatoms. The van der Waals surface area contributed by atoms with Gasteiger partial charge in [0.15, 0.2) is 0 Å². The first-order valence-electron chi connectivity index (χ1n) is 7.29. The molecule has 2 saturated heterocycles. The van der Waals surface area contributed by atoms with E-state index in [9.17, 15) is 0 Å². The quantitative estimate of drug-likeness (QED) is 0.758. The van der Waals surface area contributed by atoms with Gasteiger partial charge in [0.05, 0.1) is 5.60 Å². The monoisotopic (exact) mass is 289 g/mol. The Morgan fingerprint density at radius 3 is 3.17 bits per heavy atom. The average Bonchev–Trinajstić information content (AvgIpc) is 2.77. The number of thioether (sulfide) groups is 2. The molecule has 106 valence electrons. The Labute approximate surface area is 120 Å². The van der Waals surface area contributed by atoms with E-state index in [0.717, 1.165) is 6.61 Å². The zero-order valence-corrected chi connectivity index (χ0v) is 13.4. The third-order valence-electron chi connectivity index (χ3n) is 3.98. The summed E-state index contributed by atoms with van der Waals surface area (Å²) in [5.41, 5.74) is 0.221. The zero-order valence-electron chi connectivity index (χ0n) is 11.7. The molecule has 2 nitrogen and oxygen atoms in total. The summed E-state index contributed by atoms with van der Waals surface area (Å²) < 4.78 is 6.07. The minimum atomic E-state index is 0.221. The summed E-state index contributed by atoms with van der Waals surface area (Å²) in [4.78, 5) is 0. The molecule has 1 N–H and O–H groups in total. The molecule has 0 aromatic carbocycles. The standard InChI is InChI=1S/C14H27NOS2/c1-3-17-8-5-12(2)15-13-4-7-16-14(10-13)6-9-18-11-14/h12-13,15H,3-11H2,1-2H3. The first-order chi connectivity index (χ1) is 8.74. The molecule has 2 rings (SSSR count). The van der Waals surface area contributed by atoms with Crippen molar-refractivity contribution in [2.45, 2.75) is 57.2 Å². The lowest BCUT2D eigenvalue weighted by Gasteiger charge is -2.39. The molecule has 0 amide bonds. The Bertz CT molecular complexity index is 244. The number of hydrogen-bond donors (Lipinski definition) is 1. The number of hydrogen-bond acceptors (Lipinski definition) is 4. The van der Waals surface area contributed by atoms with Crippen molar-refractivity contribution in [1.82, 2.24) is 5.32 Å². The number of nitrogens with one attached hydrogen (secondary N) is 1. The van der Waals surface area contributed by atoms with Gasteiger partial charge in [0.1, 0.15) is 0 Å². The Balaban J connectivity index is 1.72. The predicted octanol–water partition coefficient (Wildman–Crippen LogP) is 3.16. The van der Waals surface area contributed by atoms with Crippen molar-refractivity contribution in [3.05, 3.63) is 0 Å². The van der Waals surface area contributed by atoms with E-state index in [-0.39, 0.29) is 5.60 Å². The van der Waals surface area contributed by atoms with Gasteiger partial charge < -0.3 is 10.1 Å². The fraction of sp³-hybridized carbons (Fsp3) is 1.00. The third kappa shape index (κ3) is 4.32. The fourth-order valence-corrected chi connectivity index (χ4v) is 5.11. The number of ether oxygens (including phenoxy) is 1. The maximum Gasteiger partial charge on any atom is 0.0795 e. The highest BCUT2D eigenvalue weighted by atomic mass is 32.2. The van der Waals surface area contributed by atoms with Crippen molar-refractivity contribution in [2.75, 3.05) is 29.6 Å². The summed E-state index contributed by atoms with van der Waals surface area (Å²) in [6, 6.07) is 1.33. The summed E-state index contributed by atoms with van der Waals surface area (Å²) >= 11 is 4.11. The van der Waals surface area contributed by atoms with Crippen LogP contribution < -0.4 is 5.32 Å². The lowest BCUT2D eigenvalue weighted by molar-refractivity contribution is -0.0711. The summed E-state index contributed by atoms with van der Waals surface area (Å²) in [6.07, 6.45) is 4.97. The van der Waals surface area contributed by atoms with Crippen molar-refractivity contribution in [2.24, 2.45) is 0 Å². The highest BCUT2D eigenvalue weighted by molar-refractivity contribution is 7.99. The van der Waals surface area contributed by atoms with E-state index in [1.807, 2.05) is 11.8 Å². The second-order valence-corrected chi connectivity index (χ2v) is 8.08. The van der Waals surface area contributed by atoms with Gasteiger partial charge in [0.25, 0.3) is 0 Å². The van der Waals surface area contributed by atoms with Gasteiger partial charge in [0, 0.05) is 24.4 Å². The van der Waals surface area contributed by atoms with Crippen LogP contribution in [0.4, 0.5) is 0 Å². The van der Waals surface area contributed by atoms with Gasteiger partial charge in [-0.05, 0) is 49.9 Å². The van der Waals surface area contributed by atoms with Crippen molar-refractivity contribution in [1.29, 1.82) is 0 Å². The van der Waals surface area contributed by atoms with Crippen molar-refractivity contribution < 1.29 is 4.74 Å². The highest BCUT2D eigenvalue weighted by Crippen LogP contribution is 2.38. The smallest absolute Gasteiger partial charge is 0.0795 e. The van der Waals surface area contributed by atoms with Gasteiger partial charge in [-0.3, -0.25) is 0 Å². The molecule has 0 bridgehead atoms. The van der Waals surface area contributed by atoms with Crippen molar-refractivity contribution in [3.8, 4) is 0 Å². The molecular weight excluding hydrogens is 262 g/mol. The Morgan fingerprint density at radius 2 is 2.44 bits per heavy atom. The summed E-state index contributed by atoms with van der Waals surface area (Å²) in [5.74, 6) is 5.03. The molecule has 0 saturated carbocycles. The number of rotatable bonds is 6. The van der Waals surface area contributed by atoms with Gasteiger partial charge in [-0.1, -0.05) is 6.92 Å². The normalized spacial score (nSPS) is 34.0. The Kier molecular flexibility index (Phi) is 6.19. The van der Waals surface area contributed by atoms with Crippen LogP contribution >= 0.6 is 23.5 Å². The topological polar surface area (TPSA) is 21.3 Å². The van der Waals surface area contributed by atoms with Crippen LogP contribution in [0.3, 0.4) is 0 Å². The largest absolute Gasteiger partial charge is 0.374 e. The van der Waals surface area contributed by atoms with E-state index in [1.165, 1.54) is 48.7 Å². The van der Waals surface area contributed by atoms with E-state index in [2.05, 4.69) is 30.9 Å². The van der Waals surface area contributed by atoms with Gasteiger partial charge in [-0.2, -0.15) is 23.5 Å². The third-order valence-corrected chi connectivity index (χ3v) is 6.14. The van der Waals surface area contributed by atoms with Crippen LogP contribution in [0.25, 0.3) is 0 Å². The molecule has 0 aliphatic carbocycles. The molecule has 2 fully saturated rings. The predicted molar refractivity (Wildman–Crippen MR) is 83.9 cm³/mol. The van der Waals surface area contributed by atoms with Crippen molar-refractivity contribution >= 4 is 23.5 Å².